The van der Waals surface area contributed by atoms with Crippen LogP contribution < -0.4 is 0 Å². The molecule has 2 aliphatic rings. The lowest BCUT2D eigenvalue weighted by molar-refractivity contribution is -0.0501. The molecule has 1 saturated carbocycles. The van der Waals surface area contributed by atoms with Crippen LogP contribution in [-0.2, 0) is 0 Å². The number of hydrogen-bond acceptors (Lipinski definition) is 2. The SMILES string of the molecule is CC(C)(O)C1CC(CN2CCCCC2)C1. The van der Waals surface area contributed by atoms with Crippen LogP contribution in [0.25, 0.3) is 0 Å². The molecule has 1 aliphatic carbocycles. The molecule has 15 heavy (non-hydrogen) atoms. The first-order chi connectivity index (χ1) is 7.05. The molecule has 0 amide bonds. The number of rotatable bonds is 3. The summed E-state index contributed by atoms with van der Waals surface area (Å²) in [4.78, 5) is 2.62. The van der Waals surface area contributed by atoms with Crippen molar-refractivity contribution < 1.29 is 5.11 Å². The molecule has 2 heteroatoms. The summed E-state index contributed by atoms with van der Waals surface area (Å²) < 4.78 is 0. The van der Waals surface area contributed by atoms with Crippen LogP contribution in [0.4, 0.5) is 0 Å². The van der Waals surface area contributed by atoms with Gasteiger partial charge in [-0.2, -0.15) is 0 Å². The lowest BCUT2D eigenvalue weighted by Crippen LogP contribution is -2.45. The van der Waals surface area contributed by atoms with Gasteiger partial charge in [0.25, 0.3) is 0 Å². The van der Waals surface area contributed by atoms with Crippen LogP contribution in [0.2, 0.25) is 0 Å². The zero-order chi connectivity index (χ0) is 10.9. The minimum Gasteiger partial charge on any atom is -0.390 e. The van der Waals surface area contributed by atoms with E-state index in [4.69, 9.17) is 0 Å². The monoisotopic (exact) mass is 211 g/mol. The average Bonchev–Trinajstić information content (AvgIpc) is 2.10. The Bertz CT molecular complexity index is 197. The van der Waals surface area contributed by atoms with Gasteiger partial charge in [-0.05, 0) is 64.5 Å². The molecule has 1 aliphatic heterocycles. The van der Waals surface area contributed by atoms with Gasteiger partial charge in [0.2, 0.25) is 0 Å². The fourth-order valence-electron chi connectivity index (χ4n) is 2.97. The lowest BCUT2D eigenvalue weighted by atomic mass is 9.67. The smallest absolute Gasteiger partial charge is 0.0620 e. The molecule has 0 unspecified atom stereocenters. The van der Waals surface area contributed by atoms with E-state index in [1.807, 2.05) is 13.8 Å². The van der Waals surface area contributed by atoms with Gasteiger partial charge in [-0.15, -0.1) is 0 Å². The molecule has 2 fully saturated rings. The summed E-state index contributed by atoms with van der Waals surface area (Å²) in [6.07, 6.45) is 6.68. The molecule has 1 saturated heterocycles. The van der Waals surface area contributed by atoms with Crippen molar-refractivity contribution >= 4 is 0 Å². The Morgan fingerprint density at radius 3 is 2.27 bits per heavy atom. The highest BCUT2D eigenvalue weighted by atomic mass is 16.3. The first kappa shape index (κ1) is 11.4. The number of hydrogen-bond donors (Lipinski definition) is 1. The molecule has 0 radical (unpaired) electrons. The van der Waals surface area contributed by atoms with Crippen LogP contribution in [0.1, 0.15) is 46.0 Å². The number of likely N-dealkylation sites (tertiary alicyclic amines) is 1. The molecule has 0 aromatic heterocycles. The van der Waals surface area contributed by atoms with Gasteiger partial charge < -0.3 is 10.0 Å². The maximum Gasteiger partial charge on any atom is 0.0620 e. The van der Waals surface area contributed by atoms with Gasteiger partial charge in [0.05, 0.1) is 5.60 Å². The van der Waals surface area contributed by atoms with Crippen LogP contribution >= 0.6 is 0 Å². The Balaban J connectivity index is 1.67. The second-order valence-electron chi connectivity index (χ2n) is 6.05. The van der Waals surface area contributed by atoms with Gasteiger partial charge in [-0.1, -0.05) is 6.42 Å². The average molecular weight is 211 g/mol. The van der Waals surface area contributed by atoms with Gasteiger partial charge >= 0.3 is 0 Å². The third-order valence-electron chi connectivity index (χ3n) is 4.20. The Morgan fingerprint density at radius 1 is 1.13 bits per heavy atom. The minimum atomic E-state index is -0.446. The number of aliphatic hydroxyl groups is 1. The topological polar surface area (TPSA) is 23.5 Å². The highest BCUT2D eigenvalue weighted by Crippen LogP contribution is 2.41. The van der Waals surface area contributed by atoms with Gasteiger partial charge in [-0.3, -0.25) is 0 Å². The lowest BCUT2D eigenvalue weighted by Gasteiger charge is -2.44. The normalized spacial score (nSPS) is 33.8. The van der Waals surface area contributed by atoms with Crippen LogP contribution in [-0.4, -0.2) is 35.2 Å². The summed E-state index contributed by atoms with van der Waals surface area (Å²) in [5.41, 5.74) is -0.446. The number of nitrogens with zero attached hydrogens (tertiary/aromatic N) is 1. The fraction of sp³-hybridized carbons (Fsp3) is 1.00. The maximum absolute atomic E-state index is 9.85. The molecular weight excluding hydrogens is 186 g/mol. The second kappa shape index (κ2) is 4.42. The predicted molar refractivity (Wildman–Crippen MR) is 62.8 cm³/mol. The Hall–Kier alpha value is -0.0800. The molecular formula is C13H25NO. The molecule has 1 heterocycles. The molecule has 0 bridgehead atoms. The molecule has 0 atom stereocenters. The third kappa shape index (κ3) is 2.94. The first-order valence-corrected chi connectivity index (χ1v) is 6.50. The maximum atomic E-state index is 9.85. The Kier molecular flexibility index (Phi) is 3.36. The van der Waals surface area contributed by atoms with Crippen molar-refractivity contribution in [2.24, 2.45) is 11.8 Å². The summed E-state index contributed by atoms with van der Waals surface area (Å²) >= 11 is 0. The van der Waals surface area contributed by atoms with E-state index in [0.717, 1.165) is 5.92 Å². The van der Waals surface area contributed by atoms with Crippen LogP contribution in [0.5, 0.6) is 0 Å². The van der Waals surface area contributed by atoms with E-state index in [1.165, 1.54) is 51.7 Å². The first-order valence-electron chi connectivity index (χ1n) is 6.50. The van der Waals surface area contributed by atoms with E-state index in [0.29, 0.717) is 5.92 Å². The van der Waals surface area contributed by atoms with Crippen molar-refractivity contribution in [3.05, 3.63) is 0 Å². The molecule has 0 aromatic carbocycles. The Morgan fingerprint density at radius 2 is 1.73 bits per heavy atom. The zero-order valence-corrected chi connectivity index (χ0v) is 10.2. The van der Waals surface area contributed by atoms with E-state index < -0.39 is 5.60 Å². The summed E-state index contributed by atoms with van der Waals surface area (Å²) in [6, 6.07) is 0. The van der Waals surface area contributed by atoms with E-state index in [2.05, 4.69) is 4.90 Å². The zero-order valence-electron chi connectivity index (χ0n) is 10.2. The van der Waals surface area contributed by atoms with Crippen LogP contribution in [0.3, 0.4) is 0 Å². The largest absolute Gasteiger partial charge is 0.390 e. The summed E-state index contributed by atoms with van der Waals surface area (Å²) in [5.74, 6) is 1.41. The highest BCUT2D eigenvalue weighted by molar-refractivity contribution is 4.90. The van der Waals surface area contributed by atoms with Crippen molar-refractivity contribution in [3.8, 4) is 0 Å². The van der Waals surface area contributed by atoms with Crippen molar-refractivity contribution in [2.45, 2.75) is 51.6 Å². The quantitative estimate of drug-likeness (QED) is 0.774. The van der Waals surface area contributed by atoms with E-state index in [9.17, 15) is 5.11 Å². The predicted octanol–water partition coefficient (Wildman–Crippen LogP) is 2.27. The molecule has 0 spiro atoms. The summed E-state index contributed by atoms with van der Waals surface area (Å²) in [5, 5.41) is 9.85. The van der Waals surface area contributed by atoms with Gasteiger partial charge in [-0.25, -0.2) is 0 Å². The molecule has 2 rings (SSSR count). The van der Waals surface area contributed by atoms with E-state index in [-0.39, 0.29) is 0 Å². The van der Waals surface area contributed by atoms with Crippen molar-refractivity contribution in [3.63, 3.8) is 0 Å². The minimum absolute atomic E-state index is 0.446. The second-order valence-corrected chi connectivity index (χ2v) is 6.05. The molecule has 88 valence electrons. The van der Waals surface area contributed by atoms with Crippen molar-refractivity contribution in [1.29, 1.82) is 0 Å². The highest BCUT2D eigenvalue weighted by Gasteiger charge is 2.39. The molecule has 1 N–H and O–H groups in total. The van der Waals surface area contributed by atoms with Crippen molar-refractivity contribution in [1.82, 2.24) is 4.90 Å². The van der Waals surface area contributed by atoms with E-state index >= 15 is 0 Å². The third-order valence-corrected chi connectivity index (χ3v) is 4.20. The molecule has 2 nitrogen and oxygen atoms in total. The number of piperidine rings is 1. The molecule has 0 aromatic rings. The van der Waals surface area contributed by atoms with E-state index in [1.54, 1.807) is 0 Å². The van der Waals surface area contributed by atoms with Crippen molar-refractivity contribution in [2.75, 3.05) is 19.6 Å². The van der Waals surface area contributed by atoms with Gasteiger partial charge in [0.1, 0.15) is 0 Å². The van der Waals surface area contributed by atoms with Gasteiger partial charge in [0, 0.05) is 6.54 Å². The fourth-order valence-corrected chi connectivity index (χ4v) is 2.97. The van der Waals surface area contributed by atoms with Crippen LogP contribution in [0, 0.1) is 11.8 Å². The summed E-state index contributed by atoms with van der Waals surface area (Å²) in [7, 11) is 0. The Labute approximate surface area is 93.7 Å². The van der Waals surface area contributed by atoms with Crippen LogP contribution in [0.15, 0.2) is 0 Å². The standard InChI is InChI=1S/C13H25NO/c1-13(2,15)12-8-11(9-12)10-14-6-4-3-5-7-14/h11-12,15H,3-10H2,1-2H3. The summed E-state index contributed by atoms with van der Waals surface area (Å²) in [6.45, 7) is 7.81. The van der Waals surface area contributed by atoms with Gasteiger partial charge in [0.15, 0.2) is 0 Å².